The van der Waals surface area contributed by atoms with E-state index in [9.17, 15) is 4.39 Å². The molecule has 0 spiro atoms. The first-order valence-corrected chi connectivity index (χ1v) is 7.24. The normalized spacial score (nSPS) is 21.4. The topological polar surface area (TPSA) is 56.5 Å². The van der Waals surface area contributed by atoms with Crippen LogP contribution in [-0.4, -0.2) is 25.4 Å². The molecule has 0 aromatic heterocycles. The van der Waals surface area contributed by atoms with Crippen molar-refractivity contribution in [1.29, 1.82) is 0 Å². The number of ether oxygens (including phenoxy) is 2. The lowest BCUT2D eigenvalue weighted by molar-refractivity contribution is 0.00300. The Morgan fingerprint density at radius 3 is 2.75 bits per heavy atom. The van der Waals surface area contributed by atoms with E-state index in [0.717, 1.165) is 31.6 Å². The van der Waals surface area contributed by atoms with Crippen molar-refractivity contribution >= 4 is 11.4 Å². The smallest absolute Gasteiger partial charge is 0.167 e. The summed E-state index contributed by atoms with van der Waals surface area (Å²) in [6.45, 7) is 5.22. The lowest BCUT2D eigenvalue weighted by Crippen LogP contribution is -2.40. The Kier molecular flexibility index (Phi) is 5.06. The van der Waals surface area contributed by atoms with Crippen LogP contribution >= 0.6 is 0 Å². The summed E-state index contributed by atoms with van der Waals surface area (Å²) in [5.74, 6) is -0.161. The molecule has 4 nitrogen and oxygen atoms in total. The zero-order valence-corrected chi connectivity index (χ0v) is 12.1. The van der Waals surface area contributed by atoms with Crippen molar-refractivity contribution in [1.82, 2.24) is 0 Å². The molecule has 20 heavy (non-hydrogen) atoms. The van der Waals surface area contributed by atoms with Gasteiger partial charge in [0.2, 0.25) is 0 Å². The van der Waals surface area contributed by atoms with Crippen molar-refractivity contribution in [3.8, 4) is 5.75 Å². The molecule has 1 saturated carbocycles. The van der Waals surface area contributed by atoms with Gasteiger partial charge in [0.25, 0.3) is 0 Å². The third kappa shape index (κ3) is 3.54. The Hall–Kier alpha value is -1.49. The van der Waals surface area contributed by atoms with E-state index in [1.165, 1.54) is 6.07 Å². The summed E-state index contributed by atoms with van der Waals surface area (Å²) in [6, 6.07) is 3.29. The third-order valence-corrected chi connectivity index (χ3v) is 3.42. The van der Waals surface area contributed by atoms with Crippen LogP contribution in [0.4, 0.5) is 15.8 Å². The van der Waals surface area contributed by atoms with Gasteiger partial charge in [0.05, 0.1) is 24.1 Å². The Balaban J connectivity index is 1.97. The summed E-state index contributed by atoms with van der Waals surface area (Å²) >= 11 is 0. The number of anilines is 2. The van der Waals surface area contributed by atoms with Crippen LogP contribution in [0.25, 0.3) is 0 Å². The number of nitrogens with one attached hydrogen (secondary N) is 1. The molecule has 3 N–H and O–H groups in total. The van der Waals surface area contributed by atoms with E-state index in [2.05, 4.69) is 5.32 Å². The van der Waals surface area contributed by atoms with Gasteiger partial charge >= 0.3 is 0 Å². The van der Waals surface area contributed by atoms with Crippen molar-refractivity contribution in [3.63, 3.8) is 0 Å². The van der Waals surface area contributed by atoms with Crippen LogP contribution in [0.5, 0.6) is 5.75 Å². The van der Waals surface area contributed by atoms with E-state index in [0.29, 0.717) is 24.4 Å². The second kappa shape index (κ2) is 6.79. The highest BCUT2D eigenvalue weighted by Gasteiger charge is 2.29. The lowest BCUT2D eigenvalue weighted by Gasteiger charge is -2.36. The Bertz CT molecular complexity index is 448. The first kappa shape index (κ1) is 14.9. The molecule has 0 amide bonds. The fourth-order valence-electron chi connectivity index (χ4n) is 2.29. The number of nitrogen functional groups attached to an aromatic ring is 1. The molecule has 0 unspecified atom stereocenters. The molecule has 0 heterocycles. The average molecular weight is 282 g/mol. The van der Waals surface area contributed by atoms with Gasteiger partial charge in [-0.05, 0) is 26.2 Å². The summed E-state index contributed by atoms with van der Waals surface area (Å²) in [5, 5.41) is 3.33. The van der Waals surface area contributed by atoms with Crippen molar-refractivity contribution in [2.45, 2.75) is 45.3 Å². The van der Waals surface area contributed by atoms with E-state index in [-0.39, 0.29) is 5.75 Å². The summed E-state index contributed by atoms with van der Waals surface area (Å²) < 4.78 is 24.6. The first-order valence-electron chi connectivity index (χ1n) is 7.24. The number of halogens is 1. The fraction of sp³-hybridized carbons (Fsp3) is 0.600. The number of rotatable bonds is 7. The van der Waals surface area contributed by atoms with Gasteiger partial charge in [-0.1, -0.05) is 6.92 Å². The maximum Gasteiger partial charge on any atom is 0.167 e. The Labute approximate surface area is 119 Å². The highest BCUT2D eigenvalue weighted by atomic mass is 19.1. The number of hydrogen-bond acceptors (Lipinski definition) is 4. The summed E-state index contributed by atoms with van der Waals surface area (Å²) in [5.41, 5.74) is 6.99. The predicted molar refractivity (Wildman–Crippen MR) is 78.7 cm³/mol. The maximum absolute atomic E-state index is 13.7. The van der Waals surface area contributed by atoms with Gasteiger partial charge in [-0.25, -0.2) is 4.39 Å². The van der Waals surface area contributed by atoms with Gasteiger partial charge < -0.3 is 20.5 Å². The largest absolute Gasteiger partial charge is 0.490 e. The molecular weight excluding hydrogens is 259 g/mol. The second-order valence-electron chi connectivity index (χ2n) is 5.11. The molecule has 0 aliphatic heterocycles. The molecule has 2 rings (SSSR count). The van der Waals surface area contributed by atoms with Crippen LogP contribution < -0.4 is 15.8 Å². The molecule has 0 bridgehead atoms. The molecule has 0 atom stereocenters. The summed E-state index contributed by atoms with van der Waals surface area (Å²) in [4.78, 5) is 0. The van der Waals surface area contributed by atoms with Crippen LogP contribution in [0.2, 0.25) is 0 Å². The van der Waals surface area contributed by atoms with Gasteiger partial charge in [0.15, 0.2) is 11.6 Å². The molecule has 1 aromatic carbocycles. The van der Waals surface area contributed by atoms with E-state index in [4.69, 9.17) is 15.2 Å². The van der Waals surface area contributed by atoms with Gasteiger partial charge in [0.1, 0.15) is 0 Å². The quantitative estimate of drug-likeness (QED) is 0.754. The molecule has 0 saturated heterocycles. The van der Waals surface area contributed by atoms with Gasteiger partial charge in [-0.15, -0.1) is 0 Å². The van der Waals surface area contributed by atoms with Crippen molar-refractivity contribution in [2.75, 3.05) is 24.3 Å². The highest BCUT2D eigenvalue weighted by Crippen LogP contribution is 2.33. The molecule has 1 aliphatic carbocycles. The van der Waals surface area contributed by atoms with E-state index >= 15 is 0 Å². The van der Waals surface area contributed by atoms with E-state index in [1.54, 1.807) is 6.07 Å². The minimum absolute atomic E-state index is 0.254. The van der Waals surface area contributed by atoms with Crippen LogP contribution in [0.15, 0.2) is 12.1 Å². The van der Waals surface area contributed by atoms with Crippen LogP contribution in [0.3, 0.4) is 0 Å². The third-order valence-electron chi connectivity index (χ3n) is 3.42. The molecule has 1 aromatic rings. The minimum atomic E-state index is -0.415. The summed E-state index contributed by atoms with van der Waals surface area (Å²) in [6.07, 6.45) is 3.08. The van der Waals surface area contributed by atoms with E-state index in [1.807, 2.05) is 13.8 Å². The Morgan fingerprint density at radius 1 is 1.35 bits per heavy atom. The molecular formula is C15H23FN2O2. The second-order valence-corrected chi connectivity index (χ2v) is 5.11. The standard InChI is InChI=1S/C15H23FN2O2/c1-3-5-20-15-9-14(13(17)8-12(15)16)18-10-6-11(7-10)19-4-2/h8-11,18H,3-7,17H2,1-2H3. The maximum atomic E-state index is 13.7. The van der Waals surface area contributed by atoms with Gasteiger partial charge in [-0.2, -0.15) is 0 Å². The number of hydrogen-bond donors (Lipinski definition) is 2. The average Bonchev–Trinajstić information content (AvgIpc) is 2.37. The van der Waals surface area contributed by atoms with Gasteiger partial charge in [0, 0.05) is 24.8 Å². The molecule has 112 valence electrons. The van der Waals surface area contributed by atoms with Crippen molar-refractivity contribution in [3.05, 3.63) is 17.9 Å². The minimum Gasteiger partial charge on any atom is -0.490 e. The van der Waals surface area contributed by atoms with Crippen LogP contribution in [0, 0.1) is 5.82 Å². The highest BCUT2D eigenvalue weighted by molar-refractivity contribution is 5.69. The lowest BCUT2D eigenvalue weighted by atomic mass is 9.89. The fourth-order valence-corrected chi connectivity index (χ4v) is 2.29. The number of benzene rings is 1. The summed E-state index contributed by atoms with van der Waals surface area (Å²) in [7, 11) is 0. The number of nitrogens with two attached hydrogens (primary N) is 1. The molecule has 0 radical (unpaired) electrons. The van der Waals surface area contributed by atoms with Crippen LogP contribution in [0.1, 0.15) is 33.1 Å². The zero-order valence-electron chi connectivity index (χ0n) is 12.1. The molecule has 1 fully saturated rings. The SMILES string of the molecule is CCCOc1cc(NC2CC(OCC)C2)c(N)cc1F. The molecule has 5 heteroatoms. The van der Waals surface area contributed by atoms with E-state index < -0.39 is 5.82 Å². The van der Waals surface area contributed by atoms with Gasteiger partial charge in [-0.3, -0.25) is 0 Å². The first-order chi connectivity index (χ1) is 9.63. The van der Waals surface area contributed by atoms with Crippen molar-refractivity contribution < 1.29 is 13.9 Å². The predicted octanol–water partition coefficient (Wildman–Crippen LogP) is 3.18. The Morgan fingerprint density at radius 2 is 2.10 bits per heavy atom. The van der Waals surface area contributed by atoms with Crippen molar-refractivity contribution in [2.24, 2.45) is 0 Å². The monoisotopic (exact) mass is 282 g/mol. The van der Waals surface area contributed by atoms with Crippen LogP contribution in [-0.2, 0) is 4.74 Å². The zero-order chi connectivity index (χ0) is 14.5. The molecule has 1 aliphatic rings.